The van der Waals surface area contributed by atoms with E-state index in [2.05, 4.69) is 0 Å². The largest absolute Gasteiger partial charge is 0.468 e. The molecule has 0 heterocycles. The first-order valence-corrected chi connectivity index (χ1v) is 5.76. The molecule has 0 radical (unpaired) electrons. The third kappa shape index (κ3) is 1.97. The zero-order chi connectivity index (χ0) is 12.5. The van der Waals surface area contributed by atoms with Gasteiger partial charge in [0, 0.05) is 12.8 Å². The number of rotatable bonds is 2. The second-order valence-electron chi connectivity index (χ2n) is 4.66. The van der Waals surface area contributed by atoms with Crippen molar-refractivity contribution in [3.63, 3.8) is 0 Å². The van der Waals surface area contributed by atoms with E-state index in [1.54, 1.807) is 0 Å². The Kier molecular flexibility index (Phi) is 3.01. The molecule has 1 aliphatic carbocycles. The van der Waals surface area contributed by atoms with Gasteiger partial charge in [0.2, 0.25) is 0 Å². The number of hydrogen-bond acceptors (Lipinski definition) is 3. The molecule has 1 unspecified atom stereocenters. The molecular formula is C14H16O3. The van der Waals surface area contributed by atoms with E-state index in [1.807, 2.05) is 31.2 Å². The number of benzene rings is 1. The number of aryl methyl sites for hydroxylation is 1. The first-order chi connectivity index (χ1) is 8.08. The van der Waals surface area contributed by atoms with E-state index >= 15 is 0 Å². The summed E-state index contributed by atoms with van der Waals surface area (Å²) in [5.41, 5.74) is 1.28. The fourth-order valence-electron chi connectivity index (χ4n) is 2.47. The lowest BCUT2D eigenvalue weighted by Gasteiger charge is -2.25. The van der Waals surface area contributed by atoms with E-state index in [1.165, 1.54) is 7.11 Å². The van der Waals surface area contributed by atoms with Gasteiger partial charge in [0.1, 0.15) is 11.2 Å². The Morgan fingerprint density at radius 2 is 1.94 bits per heavy atom. The molecule has 0 aromatic heterocycles. The standard InChI is InChI=1S/C14H16O3/c1-10-3-5-11(6-4-10)14(13(16)17-2)8-7-12(15)9-14/h3-6H,7-9H2,1-2H3. The molecule has 17 heavy (non-hydrogen) atoms. The summed E-state index contributed by atoms with van der Waals surface area (Å²) >= 11 is 0. The maximum Gasteiger partial charge on any atom is 0.316 e. The fourth-order valence-corrected chi connectivity index (χ4v) is 2.47. The second-order valence-corrected chi connectivity index (χ2v) is 4.66. The van der Waals surface area contributed by atoms with Crippen LogP contribution in [0.5, 0.6) is 0 Å². The van der Waals surface area contributed by atoms with E-state index in [0.717, 1.165) is 11.1 Å². The molecule has 0 bridgehead atoms. The van der Waals surface area contributed by atoms with Crippen molar-refractivity contribution in [3.8, 4) is 0 Å². The maximum absolute atomic E-state index is 12.0. The summed E-state index contributed by atoms with van der Waals surface area (Å²) in [6, 6.07) is 7.77. The summed E-state index contributed by atoms with van der Waals surface area (Å²) in [7, 11) is 1.38. The highest BCUT2D eigenvalue weighted by atomic mass is 16.5. The molecule has 1 aromatic rings. The molecule has 0 spiro atoms. The maximum atomic E-state index is 12.0. The molecule has 3 heteroatoms. The number of hydrogen-bond donors (Lipinski definition) is 0. The van der Waals surface area contributed by atoms with Crippen LogP contribution in [-0.2, 0) is 19.7 Å². The van der Waals surface area contributed by atoms with Crippen molar-refractivity contribution in [2.75, 3.05) is 7.11 Å². The third-order valence-electron chi connectivity index (χ3n) is 3.51. The van der Waals surface area contributed by atoms with Crippen molar-refractivity contribution in [2.45, 2.75) is 31.6 Å². The van der Waals surface area contributed by atoms with Gasteiger partial charge >= 0.3 is 5.97 Å². The van der Waals surface area contributed by atoms with Gasteiger partial charge in [-0.05, 0) is 18.9 Å². The lowest BCUT2D eigenvalue weighted by molar-refractivity contribution is -0.148. The van der Waals surface area contributed by atoms with E-state index < -0.39 is 5.41 Å². The van der Waals surface area contributed by atoms with Gasteiger partial charge in [0.05, 0.1) is 7.11 Å². The molecule has 1 saturated carbocycles. The highest BCUT2D eigenvalue weighted by Gasteiger charge is 2.47. The molecule has 3 nitrogen and oxygen atoms in total. The Balaban J connectivity index is 2.44. The van der Waals surface area contributed by atoms with Gasteiger partial charge in [-0.2, -0.15) is 0 Å². The van der Waals surface area contributed by atoms with Gasteiger partial charge in [-0.25, -0.2) is 0 Å². The summed E-state index contributed by atoms with van der Waals surface area (Å²) in [5, 5.41) is 0. The van der Waals surface area contributed by atoms with Crippen molar-refractivity contribution in [2.24, 2.45) is 0 Å². The van der Waals surface area contributed by atoms with Gasteiger partial charge in [0.15, 0.2) is 0 Å². The lowest BCUT2D eigenvalue weighted by Crippen LogP contribution is -2.34. The van der Waals surface area contributed by atoms with Crippen molar-refractivity contribution < 1.29 is 14.3 Å². The molecule has 0 amide bonds. The minimum absolute atomic E-state index is 0.135. The van der Waals surface area contributed by atoms with Crippen molar-refractivity contribution in [1.29, 1.82) is 0 Å². The van der Waals surface area contributed by atoms with Gasteiger partial charge in [-0.3, -0.25) is 9.59 Å². The Morgan fingerprint density at radius 3 is 2.41 bits per heavy atom. The molecule has 1 aliphatic rings. The third-order valence-corrected chi connectivity index (χ3v) is 3.51. The summed E-state index contributed by atoms with van der Waals surface area (Å²) in [6.07, 6.45) is 1.28. The topological polar surface area (TPSA) is 43.4 Å². The molecule has 0 aliphatic heterocycles. The fraction of sp³-hybridized carbons (Fsp3) is 0.429. The molecule has 1 fully saturated rings. The normalized spacial score (nSPS) is 23.8. The highest BCUT2D eigenvalue weighted by molar-refractivity contribution is 5.94. The Morgan fingerprint density at radius 1 is 1.29 bits per heavy atom. The number of carbonyl (C=O) groups excluding carboxylic acids is 2. The van der Waals surface area contributed by atoms with Gasteiger partial charge in [0.25, 0.3) is 0 Å². The van der Waals surface area contributed by atoms with Crippen molar-refractivity contribution >= 4 is 11.8 Å². The van der Waals surface area contributed by atoms with E-state index in [9.17, 15) is 9.59 Å². The lowest BCUT2D eigenvalue weighted by atomic mass is 9.78. The van der Waals surface area contributed by atoms with Crippen LogP contribution in [0.3, 0.4) is 0 Å². The molecule has 0 N–H and O–H groups in total. The van der Waals surface area contributed by atoms with Crippen LogP contribution in [0, 0.1) is 6.92 Å². The summed E-state index contributed by atoms with van der Waals surface area (Å²) in [4.78, 5) is 23.5. The van der Waals surface area contributed by atoms with Gasteiger partial charge in [-0.1, -0.05) is 29.8 Å². The van der Waals surface area contributed by atoms with Crippen LogP contribution in [0.15, 0.2) is 24.3 Å². The first kappa shape index (κ1) is 11.8. The number of Topliss-reactive ketones (excluding diaryl/α,β-unsaturated/α-hetero) is 1. The number of methoxy groups -OCH3 is 1. The summed E-state index contributed by atoms with van der Waals surface area (Å²) in [6.45, 7) is 1.99. The molecule has 2 rings (SSSR count). The molecule has 90 valence electrons. The highest BCUT2D eigenvalue weighted by Crippen LogP contribution is 2.40. The smallest absolute Gasteiger partial charge is 0.316 e. The van der Waals surface area contributed by atoms with Crippen LogP contribution in [0.1, 0.15) is 30.4 Å². The predicted octanol–water partition coefficient (Wildman–Crippen LogP) is 2.16. The van der Waals surface area contributed by atoms with Crippen molar-refractivity contribution in [3.05, 3.63) is 35.4 Å². The van der Waals surface area contributed by atoms with Crippen LogP contribution in [0.25, 0.3) is 0 Å². The summed E-state index contributed by atoms with van der Waals surface area (Å²) < 4.78 is 4.88. The summed E-state index contributed by atoms with van der Waals surface area (Å²) in [5.74, 6) is -0.164. The number of ketones is 1. The van der Waals surface area contributed by atoms with Crippen LogP contribution in [-0.4, -0.2) is 18.9 Å². The average Bonchev–Trinajstić information content (AvgIpc) is 2.72. The van der Waals surface area contributed by atoms with Gasteiger partial charge in [-0.15, -0.1) is 0 Å². The van der Waals surface area contributed by atoms with Crippen molar-refractivity contribution in [1.82, 2.24) is 0 Å². The molecule has 1 aromatic carbocycles. The zero-order valence-corrected chi connectivity index (χ0v) is 10.2. The number of carbonyl (C=O) groups is 2. The molecule has 1 atom stereocenters. The van der Waals surface area contributed by atoms with Crippen LogP contribution in [0.4, 0.5) is 0 Å². The van der Waals surface area contributed by atoms with Crippen LogP contribution in [0.2, 0.25) is 0 Å². The van der Waals surface area contributed by atoms with E-state index in [4.69, 9.17) is 4.74 Å². The predicted molar refractivity (Wildman–Crippen MR) is 63.7 cm³/mol. The van der Waals surface area contributed by atoms with Crippen LogP contribution < -0.4 is 0 Å². The SMILES string of the molecule is COC(=O)C1(c2ccc(C)cc2)CCC(=O)C1. The number of ether oxygens (including phenoxy) is 1. The minimum atomic E-state index is -0.750. The first-order valence-electron chi connectivity index (χ1n) is 5.76. The molecular weight excluding hydrogens is 216 g/mol. The van der Waals surface area contributed by atoms with E-state index in [-0.39, 0.29) is 18.2 Å². The molecule has 0 saturated heterocycles. The van der Waals surface area contributed by atoms with E-state index in [0.29, 0.717) is 12.8 Å². The minimum Gasteiger partial charge on any atom is -0.468 e. The number of esters is 1. The Hall–Kier alpha value is -1.64. The Bertz CT molecular complexity index is 447. The Labute approximate surface area is 101 Å². The average molecular weight is 232 g/mol. The second kappa shape index (κ2) is 4.32. The van der Waals surface area contributed by atoms with Crippen LogP contribution >= 0.6 is 0 Å². The quantitative estimate of drug-likeness (QED) is 0.734. The van der Waals surface area contributed by atoms with Gasteiger partial charge < -0.3 is 4.74 Å². The zero-order valence-electron chi connectivity index (χ0n) is 10.2. The monoisotopic (exact) mass is 232 g/mol.